The highest BCUT2D eigenvalue weighted by atomic mass is 16.7. The van der Waals surface area contributed by atoms with Gasteiger partial charge in [0.15, 0.2) is 23.0 Å². The fraction of sp³-hybridized carbons (Fsp3) is 0.160. The Hall–Kier alpha value is -4.53. The monoisotopic (exact) mass is 464 g/mol. The Kier molecular flexibility index (Phi) is 6.35. The van der Waals surface area contributed by atoms with Crippen molar-refractivity contribution in [2.45, 2.75) is 0 Å². The SMILES string of the molecule is COC(=O)c1cc(OC)c(OC(=O)c2ccccc2)cc1-c1c(C(=O)OC)ccc2c1OCO2. The van der Waals surface area contributed by atoms with Crippen LogP contribution in [0.4, 0.5) is 0 Å². The van der Waals surface area contributed by atoms with Crippen molar-refractivity contribution in [3.05, 3.63) is 71.3 Å². The van der Waals surface area contributed by atoms with Gasteiger partial charge in [0.25, 0.3) is 0 Å². The van der Waals surface area contributed by atoms with Crippen LogP contribution in [0.2, 0.25) is 0 Å². The summed E-state index contributed by atoms with van der Waals surface area (Å²) in [6.07, 6.45) is 0. The van der Waals surface area contributed by atoms with Gasteiger partial charge in [-0.3, -0.25) is 0 Å². The van der Waals surface area contributed by atoms with E-state index in [4.69, 9.17) is 28.4 Å². The van der Waals surface area contributed by atoms with E-state index in [1.54, 1.807) is 36.4 Å². The molecule has 0 fully saturated rings. The van der Waals surface area contributed by atoms with Gasteiger partial charge in [-0.05, 0) is 36.4 Å². The van der Waals surface area contributed by atoms with Crippen molar-refractivity contribution < 1.29 is 42.8 Å². The van der Waals surface area contributed by atoms with E-state index in [0.717, 1.165) is 0 Å². The second-order valence-electron chi connectivity index (χ2n) is 7.01. The lowest BCUT2D eigenvalue weighted by Gasteiger charge is -2.17. The summed E-state index contributed by atoms with van der Waals surface area (Å²) in [4.78, 5) is 38.0. The minimum absolute atomic E-state index is 0.0198. The highest BCUT2D eigenvalue weighted by molar-refractivity contribution is 6.06. The zero-order valence-corrected chi connectivity index (χ0v) is 18.6. The van der Waals surface area contributed by atoms with Crippen molar-refractivity contribution in [2.24, 2.45) is 0 Å². The van der Waals surface area contributed by atoms with Crippen LogP contribution in [0.1, 0.15) is 31.1 Å². The van der Waals surface area contributed by atoms with Gasteiger partial charge in [0.1, 0.15) is 0 Å². The summed E-state index contributed by atoms with van der Waals surface area (Å²) in [5, 5.41) is 0. The minimum atomic E-state index is -0.707. The first kappa shape index (κ1) is 22.7. The molecule has 0 spiro atoms. The molecule has 3 aromatic carbocycles. The predicted molar refractivity (Wildman–Crippen MR) is 119 cm³/mol. The van der Waals surface area contributed by atoms with Crippen LogP contribution in [-0.2, 0) is 9.47 Å². The van der Waals surface area contributed by atoms with Crippen LogP contribution in [0.5, 0.6) is 23.0 Å². The Morgan fingerprint density at radius 3 is 2.15 bits per heavy atom. The lowest BCUT2D eigenvalue weighted by atomic mass is 9.93. The zero-order chi connectivity index (χ0) is 24.2. The molecule has 0 saturated heterocycles. The molecular formula is C25H20O9. The van der Waals surface area contributed by atoms with Crippen LogP contribution in [0.3, 0.4) is 0 Å². The number of methoxy groups -OCH3 is 3. The fourth-order valence-corrected chi connectivity index (χ4v) is 3.54. The number of hydrogen-bond donors (Lipinski definition) is 0. The van der Waals surface area contributed by atoms with Crippen molar-refractivity contribution in [2.75, 3.05) is 28.1 Å². The molecule has 0 bridgehead atoms. The number of esters is 3. The third-order valence-electron chi connectivity index (χ3n) is 5.14. The molecule has 1 heterocycles. The first-order valence-corrected chi connectivity index (χ1v) is 10.1. The zero-order valence-electron chi connectivity index (χ0n) is 18.6. The number of hydrogen-bond acceptors (Lipinski definition) is 9. The van der Waals surface area contributed by atoms with Crippen LogP contribution in [0.25, 0.3) is 11.1 Å². The molecule has 4 rings (SSSR count). The van der Waals surface area contributed by atoms with Crippen molar-refractivity contribution in [1.82, 2.24) is 0 Å². The molecule has 0 N–H and O–H groups in total. The molecule has 0 atom stereocenters. The second kappa shape index (κ2) is 9.53. The maximum atomic E-state index is 12.7. The van der Waals surface area contributed by atoms with Crippen LogP contribution in [0.15, 0.2) is 54.6 Å². The average Bonchev–Trinajstić information content (AvgIpc) is 3.36. The molecule has 9 nitrogen and oxygen atoms in total. The molecule has 0 aromatic heterocycles. The van der Waals surface area contributed by atoms with Gasteiger partial charge in [0.2, 0.25) is 6.79 Å². The number of fused-ring (bicyclic) bond motifs is 1. The summed E-state index contributed by atoms with van der Waals surface area (Å²) in [6, 6.07) is 14.2. The summed E-state index contributed by atoms with van der Waals surface area (Å²) in [6.45, 7) is -0.0769. The number of carbonyl (C=O) groups excluding carboxylic acids is 3. The maximum absolute atomic E-state index is 12.7. The molecule has 0 radical (unpaired) electrons. The number of ether oxygens (including phenoxy) is 6. The normalized spacial score (nSPS) is 11.5. The van der Waals surface area contributed by atoms with Crippen molar-refractivity contribution in [3.63, 3.8) is 0 Å². The summed E-state index contributed by atoms with van der Waals surface area (Å²) in [5.41, 5.74) is 0.902. The van der Waals surface area contributed by atoms with Gasteiger partial charge in [-0.1, -0.05) is 18.2 Å². The van der Waals surface area contributed by atoms with Crippen LogP contribution >= 0.6 is 0 Å². The summed E-state index contributed by atoms with van der Waals surface area (Å²) in [5.74, 6) is -1.27. The van der Waals surface area contributed by atoms with Gasteiger partial charge < -0.3 is 28.4 Å². The summed E-state index contributed by atoms with van der Waals surface area (Å²) < 4.78 is 31.9. The van der Waals surface area contributed by atoms with E-state index in [-0.39, 0.29) is 46.3 Å². The van der Waals surface area contributed by atoms with Gasteiger partial charge in [0, 0.05) is 11.1 Å². The lowest BCUT2D eigenvalue weighted by Crippen LogP contribution is -2.12. The summed E-state index contributed by atoms with van der Waals surface area (Å²) in [7, 11) is 3.82. The van der Waals surface area contributed by atoms with Crippen LogP contribution in [-0.4, -0.2) is 46.0 Å². The number of benzene rings is 3. The standard InChI is InChI=1S/C25H20O9/c1-29-19-12-17(25(28)31-3)16(11-20(19)34-23(26)14-7-5-4-6-8-14)21-15(24(27)30-2)9-10-18-22(21)33-13-32-18/h4-12H,13H2,1-3H3. The van der Waals surface area contributed by atoms with Crippen molar-refractivity contribution in [3.8, 4) is 34.1 Å². The Morgan fingerprint density at radius 1 is 0.765 bits per heavy atom. The van der Waals surface area contributed by atoms with Crippen molar-refractivity contribution >= 4 is 17.9 Å². The van der Waals surface area contributed by atoms with E-state index in [1.807, 2.05) is 0 Å². The van der Waals surface area contributed by atoms with E-state index in [1.165, 1.54) is 39.5 Å². The van der Waals surface area contributed by atoms with Gasteiger partial charge in [-0.2, -0.15) is 0 Å². The molecule has 3 aromatic rings. The predicted octanol–water partition coefficient (Wildman–Crippen LogP) is 3.88. The highest BCUT2D eigenvalue weighted by Crippen LogP contribution is 2.47. The average molecular weight is 464 g/mol. The molecule has 0 amide bonds. The van der Waals surface area contributed by atoms with E-state index in [0.29, 0.717) is 11.3 Å². The van der Waals surface area contributed by atoms with Crippen molar-refractivity contribution in [1.29, 1.82) is 0 Å². The van der Waals surface area contributed by atoms with Gasteiger partial charge in [0.05, 0.1) is 38.0 Å². The molecule has 0 saturated carbocycles. The second-order valence-corrected chi connectivity index (χ2v) is 7.01. The highest BCUT2D eigenvalue weighted by Gasteiger charge is 2.30. The van der Waals surface area contributed by atoms with Gasteiger partial charge >= 0.3 is 17.9 Å². The lowest BCUT2D eigenvalue weighted by molar-refractivity contribution is 0.0589. The Balaban J connectivity index is 1.95. The van der Waals surface area contributed by atoms with Crippen LogP contribution in [0, 0.1) is 0 Å². The topological polar surface area (TPSA) is 107 Å². The smallest absolute Gasteiger partial charge is 0.343 e. The Morgan fingerprint density at radius 2 is 1.47 bits per heavy atom. The third kappa shape index (κ3) is 4.11. The fourth-order valence-electron chi connectivity index (χ4n) is 3.54. The minimum Gasteiger partial charge on any atom is -0.493 e. The Labute approximate surface area is 194 Å². The third-order valence-corrected chi connectivity index (χ3v) is 5.14. The molecular weight excluding hydrogens is 444 g/mol. The number of rotatable bonds is 6. The molecule has 9 heteroatoms. The van der Waals surface area contributed by atoms with Crippen LogP contribution < -0.4 is 18.9 Å². The van der Waals surface area contributed by atoms with E-state index >= 15 is 0 Å². The number of carbonyl (C=O) groups is 3. The Bertz CT molecular complexity index is 1270. The van der Waals surface area contributed by atoms with E-state index < -0.39 is 17.9 Å². The molecule has 0 aliphatic carbocycles. The van der Waals surface area contributed by atoms with Gasteiger partial charge in [-0.25, -0.2) is 14.4 Å². The first-order valence-electron chi connectivity index (χ1n) is 10.1. The molecule has 0 unspecified atom stereocenters. The summed E-state index contributed by atoms with van der Waals surface area (Å²) >= 11 is 0. The van der Waals surface area contributed by atoms with Gasteiger partial charge in [-0.15, -0.1) is 0 Å². The van der Waals surface area contributed by atoms with E-state index in [2.05, 4.69) is 0 Å². The largest absolute Gasteiger partial charge is 0.493 e. The molecule has 34 heavy (non-hydrogen) atoms. The first-order chi connectivity index (χ1) is 16.5. The molecule has 1 aliphatic heterocycles. The quantitative estimate of drug-likeness (QED) is 0.397. The molecule has 1 aliphatic rings. The molecule has 174 valence electrons. The maximum Gasteiger partial charge on any atom is 0.343 e. The van der Waals surface area contributed by atoms with E-state index in [9.17, 15) is 14.4 Å².